The van der Waals surface area contributed by atoms with Gasteiger partial charge in [0, 0.05) is 23.1 Å². The van der Waals surface area contributed by atoms with Gasteiger partial charge in [0.2, 0.25) is 0 Å². The third-order valence-electron chi connectivity index (χ3n) is 4.87. The van der Waals surface area contributed by atoms with Gasteiger partial charge in [-0.15, -0.1) is 0 Å². The lowest BCUT2D eigenvalue weighted by Crippen LogP contribution is -2.63. The van der Waals surface area contributed by atoms with Gasteiger partial charge in [-0.2, -0.15) is 18.4 Å². The molecule has 28 heavy (non-hydrogen) atoms. The summed E-state index contributed by atoms with van der Waals surface area (Å²) in [7, 11) is 0. The summed E-state index contributed by atoms with van der Waals surface area (Å²) in [5, 5.41) is 30.7. The van der Waals surface area contributed by atoms with E-state index in [1.54, 1.807) is 6.07 Å². The number of hydrogen-bond acceptors (Lipinski definition) is 4. The number of nitriles is 1. The van der Waals surface area contributed by atoms with Crippen LogP contribution >= 0.6 is 11.6 Å². The first kappa shape index (κ1) is 21.6. The van der Waals surface area contributed by atoms with E-state index in [0.29, 0.717) is 0 Å². The fraction of sp³-hybridized carbons (Fsp3) is 0.389. The molecule has 2 rings (SSSR count). The van der Waals surface area contributed by atoms with E-state index in [9.17, 15) is 33.0 Å². The number of alkyl halides is 3. The molecule has 0 aromatic heterocycles. The average Bonchev–Trinajstić information content (AvgIpc) is 2.58. The molecule has 10 heteroatoms. The predicted molar refractivity (Wildman–Crippen MR) is 92.4 cm³/mol. The van der Waals surface area contributed by atoms with Crippen molar-refractivity contribution in [1.29, 1.82) is 5.26 Å². The predicted octanol–water partition coefficient (Wildman–Crippen LogP) is 3.69. The van der Waals surface area contributed by atoms with Gasteiger partial charge in [0.05, 0.1) is 11.6 Å². The highest BCUT2D eigenvalue weighted by molar-refractivity contribution is 6.30. The molecule has 0 spiro atoms. The maximum atomic E-state index is 13.9. The molecular weight excluding hydrogens is 401 g/mol. The van der Waals surface area contributed by atoms with Crippen molar-refractivity contribution < 1.29 is 33.0 Å². The van der Waals surface area contributed by atoms with Crippen LogP contribution in [0.4, 0.5) is 13.2 Å². The van der Waals surface area contributed by atoms with Crippen LogP contribution in [0.25, 0.3) is 0 Å². The fourth-order valence-electron chi connectivity index (χ4n) is 3.78. The van der Waals surface area contributed by atoms with Gasteiger partial charge in [-0.05, 0) is 31.0 Å². The molecule has 150 valence electrons. The second kappa shape index (κ2) is 7.72. The van der Waals surface area contributed by atoms with E-state index in [-0.39, 0.29) is 16.3 Å². The SMILES string of the molecule is CC1=C(C(=O)O)C(c2cccc(Cl)c2)C(CCC#N)(C(=O)O)C(C(F)(F)F)N1. The lowest BCUT2D eigenvalue weighted by atomic mass is 9.59. The summed E-state index contributed by atoms with van der Waals surface area (Å²) in [6.45, 7) is 1.15. The van der Waals surface area contributed by atoms with Crippen molar-refractivity contribution in [3.8, 4) is 6.07 Å². The van der Waals surface area contributed by atoms with Crippen LogP contribution in [0.5, 0.6) is 0 Å². The maximum absolute atomic E-state index is 13.9. The maximum Gasteiger partial charge on any atom is 0.409 e. The van der Waals surface area contributed by atoms with Crippen molar-refractivity contribution >= 4 is 23.5 Å². The summed E-state index contributed by atoms with van der Waals surface area (Å²) in [6.07, 6.45) is -6.24. The Morgan fingerprint density at radius 1 is 1.36 bits per heavy atom. The van der Waals surface area contributed by atoms with Crippen LogP contribution in [0.15, 0.2) is 35.5 Å². The van der Waals surface area contributed by atoms with Gasteiger partial charge in [0.25, 0.3) is 0 Å². The third-order valence-corrected chi connectivity index (χ3v) is 5.11. The molecule has 0 fully saturated rings. The molecule has 3 atom stereocenters. The normalized spacial score (nSPS) is 25.0. The Bertz CT molecular complexity index is 878. The molecule has 0 saturated heterocycles. The Hall–Kier alpha value is -2.73. The van der Waals surface area contributed by atoms with Crippen molar-refractivity contribution in [2.45, 2.75) is 37.9 Å². The smallest absolute Gasteiger partial charge is 0.409 e. The monoisotopic (exact) mass is 416 g/mol. The zero-order chi connectivity index (χ0) is 21.3. The topological polar surface area (TPSA) is 110 Å². The summed E-state index contributed by atoms with van der Waals surface area (Å²) >= 11 is 5.93. The Morgan fingerprint density at radius 2 is 2.00 bits per heavy atom. The number of rotatable bonds is 5. The van der Waals surface area contributed by atoms with Gasteiger partial charge < -0.3 is 15.5 Å². The molecule has 1 aliphatic rings. The summed E-state index contributed by atoms with van der Waals surface area (Å²) in [5.74, 6) is -5.09. The molecule has 3 N–H and O–H groups in total. The van der Waals surface area contributed by atoms with Crippen molar-refractivity contribution in [2.75, 3.05) is 0 Å². The average molecular weight is 417 g/mol. The Morgan fingerprint density at radius 3 is 2.46 bits per heavy atom. The number of nitrogens with one attached hydrogen (secondary N) is 1. The van der Waals surface area contributed by atoms with Crippen molar-refractivity contribution in [2.24, 2.45) is 5.41 Å². The van der Waals surface area contributed by atoms with Crippen LogP contribution < -0.4 is 5.32 Å². The zero-order valence-electron chi connectivity index (χ0n) is 14.5. The van der Waals surface area contributed by atoms with E-state index >= 15 is 0 Å². The molecule has 1 heterocycles. The minimum Gasteiger partial charge on any atom is -0.481 e. The fourth-order valence-corrected chi connectivity index (χ4v) is 3.98. The van der Waals surface area contributed by atoms with Gasteiger partial charge in [0.1, 0.15) is 11.5 Å². The number of nitrogens with zero attached hydrogens (tertiary/aromatic N) is 1. The van der Waals surface area contributed by atoms with Gasteiger partial charge >= 0.3 is 18.1 Å². The molecule has 0 amide bonds. The Kier molecular flexibility index (Phi) is 5.94. The number of halogens is 4. The summed E-state index contributed by atoms with van der Waals surface area (Å²) in [5.41, 5.74) is -3.46. The molecule has 1 aliphatic heterocycles. The summed E-state index contributed by atoms with van der Waals surface area (Å²) in [4.78, 5) is 24.2. The lowest BCUT2D eigenvalue weighted by Gasteiger charge is -2.48. The molecule has 0 bridgehead atoms. The molecule has 1 aromatic carbocycles. The van der Waals surface area contributed by atoms with E-state index in [4.69, 9.17) is 16.9 Å². The summed E-state index contributed by atoms with van der Waals surface area (Å²) < 4.78 is 41.7. The standard InChI is InChI=1S/C18H16ClF3N2O4/c1-9-12(14(25)26)13(10-4-2-5-11(19)8-10)17(16(27)28,6-3-7-23)15(24-9)18(20,21)22/h2,4-5,8,13,15,24H,3,6H2,1H3,(H,25,26)(H,27,28). The van der Waals surface area contributed by atoms with E-state index in [1.807, 2.05) is 5.32 Å². The Labute approximate surface area is 163 Å². The van der Waals surface area contributed by atoms with E-state index in [0.717, 1.165) is 6.92 Å². The van der Waals surface area contributed by atoms with Crippen LogP contribution in [0.1, 0.15) is 31.2 Å². The largest absolute Gasteiger partial charge is 0.481 e. The second-order valence-electron chi connectivity index (χ2n) is 6.45. The highest BCUT2D eigenvalue weighted by Gasteiger charge is 2.65. The van der Waals surface area contributed by atoms with Crippen LogP contribution in [-0.2, 0) is 9.59 Å². The van der Waals surface area contributed by atoms with Gasteiger partial charge in [0.15, 0.2) is 0 Å². The molecule has 1 aromatic rings. The van der Waals surface area contributed by atoms with Crippen molar-refractivity contribution in [3.05, 3.63) is 46.1 Å². The summed E-state index contributed by atoms with van der Waals surface area (Å²) in [6, 6.07) is 4.46. The number of carboxylic acid groups (broad SMARTS) is 2. The van der Waals surface area contributed by atoms with E-state index < -0.39 is 53.9 Å². The lowest BCUT2D eigenvalue weighted by molar-refractivity contribution is -0.201. The number of allylic oxidation sites excluding steroid dienone is 1. The number of aliphatic carboxylic acids is 2. The van der Waals surface area contributed by atoms with Crippen LogP contribution in [-0.4, -0.2) is 34.4 Å². The number of carbonyl (C=O) groups is 2. The van der Waals surface area contributed by atoms with E-state index in [1.165, 1.54) is 24.3 Å². The second-order valence-corrected chi connectivity index (χ2v) is 6.89. The first-order valence-corrected chi connectivity index (χ1v) is 8.47. The molecule has 3 unspecified atom stereocenters. The highest BCUT2D eigenvalue weighted by atomic mass is 35.5. The number of hydrogen-bond donors (Lipinski definition) is 3. The number of carboxylic acids is 2. The third kappa shape index (κ3) is 3.64. The minimum absolute atomic E-state index is 0.0142. The van der Waals surface area contributed by atoms with Gasteiger partial charge in [-0.1, -0.05) is 23.7 Å². The van der Waals surface area contributed by atoms with Crippen molar-refractivity contribution in [1.82, 2.24) is 5.32 Å². The first-order chi connectivity index (χ1) is 13.0. The molecule has 0 saturated carbocycles. The van der Waals surface area contributed by atoms with E-state index in [2.05, 4.69) is 0 Å². The quantitative estimate of drug-likeness (QED) is 0.675. The molecule has 0 radical (unpaired) electrons. The van der Waals surface area contributed by atoms with Crippen LogP contribution in [0.2, 0.25) is 5.02 Å². The highest BCUT2D eigenvalue weighted by Crippen LogP contribution is 2.54. The number of benzene rings is 1. The van der Waals surface area contributed by atoms with Crippen LogP contribution in [0.3, 0.4) is 0 Å². The molecule has 6 nitrogen and oxygen atoms in total. The van der Waals surface area contributed by atoms with Crippen LogP contribution in [0, 0.1) is 16.7 Å². The zero-order valence-corrected chi connectivity index (χ0v) is 15.3. The van der Waals surface area contributed by atoms with Crippen molar-refractivity contribution in [3.63, 3.8) is 0 Å². The molecular formula is C18H16ClF3N2O4. The molecule has 0 aliphatic carbocycles. The van der Waals surface area contributed by atoms with Gasteiger partial charge in [-0.25, -0.2) is 4.79 Å². The first-order valence-electron chi connectivity index (χ1n) is 8.10. The minimum atomic E-state index is -5.02. The Balaban J connectivity index is 2.93. The van der Waals surface area contributed by atoms with Gasteiger partial charge in [-0.3, -0.25) is 4.79 Å².